The van der Waals surface area contributed by atoms with Crippen LogP contribution in [-0.2, 0) is 0 Å². The zero-order valence-electron chi connectivity index (χ0n) is 11.2. The molecule has 2 heterocycles. The quantitative estimate of drug-likeness (QED) is 0.540. The van der Waals surface area contributed by atoms with Crippen LogP contribution < -0.4 is 5.56 Å². The Morgan fingerprint density at radius 3 is 2.73 bits per heavy atom. The predicted octanol–water partition coefficient (Wildman–Crippen LogP) is 3.43. The van der Waals surface area contributed by atoms with Crippen molar-refractivity contribution in [3.05, 3.63) is 76.1 Å². The Hall–Kier alpha value is -2.66. The third-order valence-electron chi connectivity index (χ3n) is 3.57. The highest BCUT2D eigenvalue weighted by molar-refractivity contribution is 6.31. The van der Waals surface area contributed by atoms with Gasteiger partial charge in [0.2, 0.25) is 5.65 Å². The average Bonchev–Trinajstić information content (AvgIpc) is 2.99. The van der Waals surface area contributed by atoms with Gasteiger partial charge >= 0.3 is 0 Å². The fourth-order valence-electron chi connectivity index (χ4n) is 2.62. The van der Waals surface area contributed by atoms with Gasteiger partial charge in [0, 0.05) is 17.4 Å². The minimum Gasteiger partial charge on any atom is -0.294 e. The fraction of sp³-hybridized carbons (Fsp3) is 0. The molecule has 0 saturated heterocycles. The molecule has 0 atom stereocenters. The Labute approximate surface area is 129 Å². The lowest BCUT2D eigenvalue weighted by Gasteiger charge is -2.13. The second-order valence-electron chi connectivity index (χ2n) is 4.85. The molecule has 108 valence electrons. The molecule has 0 radical (unpaired) electrons. The first-order valence-corrected chi connectivity index (χ1v) is 6.97. The second kappa shape index (κ2) is 4.68. The summed E-state index contributed by atoms with van der Waals surface area (Å²) >= 11 is 6.06. The van der Waals surface area contributed by atoms with Crippen molar-refractivity contribution in [3.8, 4) is 5.69 Å². The molecule has 0 aliphatic carbocycles. The normalized spacial score (nSPS) is 11.4. The van der Waals surface area contributed by atoms with Crippen molar-refractivity contribution in [1.29, 1.82) is 0 Å². The standard InChI is InChI=1S/C16H9ClFN3O/c17-10-5-6-13-14(9-10)21(12-4-2-1-3-11(12)18)16(22)15-19-7-8-20(13)15/h1-9H. The van der Waals surface area contributed by atoms with Crippen LogP contribution in [0.1, 0.15) is 0 Å². The smallest absolute Gasteiger partial charge is 0.294 e. The van der Waals surface area contributed by atoms with Crippen LogP contribution in [0.3, 0.4) is 0 Å². The summed E-state index contributed by atoms with van der Waals surface area (Å²) in [5, 5.41) is 0.469. The van der Waals surface area contributed by atoms with E-state index >= 15 is 0 Å². The van der Waals surface area contributed by atoms with E-state index in [1.807, 2.05) is 0 Å². The van der Waals surface area contributed by atoms with E-state index in [2.05, 4.69) is 4.98 Å². The number of imidazole rings is 1. The molecule has 4 rings (SSSR count). The van der Waals surface area contributed by atoms with Crippen molar-refractivity contribution >= 4 is 28.3 Å². The third-order valence-corrected chi connectivity index (χ3v) is 3.80. The molecule has 0 aliphatic rings. The number of hydrogen-bond donors (Lipinski definition) is 0. The van der Waals surface area contributed by atoms with E-state index in [1.54, 1.807) is 47.0 Å². The summed E-state index contributed by atoms with van der Waals surface area (Å²) in [6.07, 6.45) is 3.23. The van der Waals surface area contributed by atoms with Crippen LogP contribution in [0, 0.1) is 5.82 Å². The summed E-state index contributed by atoms with van der Waals surface area (Å²) in [7, 11) is 0. The molecule has 2 aromatic carbocycles. The number of fused-ring (bicyclic) bond motifs is 3. The van der Waals surface area contributed by atoms with Gasteiger partial charge in [0.05, 0.1) is 16.7 Å². The van der Waals surface area contributed by atoms with Gasteiger partial charge in [-0.05, 0) is 30.3 Å². The Bertz CT molecular complexity index is 1080. The van der Waals surface area contributed by atoms with Crippen LogP contribution >= 0.6 is 11.6 Å². The molecule has 4 aromatic rings. The van der Waals surface area contributed by atoms with Crippen LogP contribution in [0.15, 0.2) is 59.7 Å². The third kappa shape index (κ3) is 1.76. The number of para-hydroxylation sites is 1. The van der Waals surface area contributed by atoms with Crippen molar-refractivity contribution in [2.45, 2.75) is 0 Å². The van der Waals surface area contributed by atoms with Gasteiger partial charge < -0.3 is 0 Å². The van der Waals surface area contributed by atoms with Gasteiger partial charge in [-0.1, -0.05) is 23.7 Å². The minimum absolute atomic E-state index is 0.172. The van der Waals surface area contributed by atoms with Crippen LogP contribution in [0.5, 0.6) is 0 Å². The lowest BCUT2D eigenvalue weighted by Crippen LogP contribution is -2.22. The van der Waals surface area contributed by atoms with Crippen LogP contribution in [0.4, 0.5) is 4.39 Å². The lowest BCUT2D eigenvalue weighted by molar-refractivity contribution is 0.618. The summed E-state index contributed by atoms with van der Waals surface area (Å²) in [5.74, 6) is -0.484. The van der Waals surface area contributed by atoms with Gasteiger partial charge in [-0.2, -0.15) is 0 Å². The molecule has 0 saturated carbocycles. The molecule has 2 aromatic heterocycles. The molecule has 0 aliphatic heterocycles. The molecule has 0 fully saturated rings. The number of benzene rings is 2. The van der Waals surface area contributed by atoms with Crippen LogP contribution in [0.25, 0.3) is 22.4 Å². The van der Waals surface area contributed by atoms with Gasteiger partial charge in [0.25, 0.3) is 5.56 Å². The summed E-state index contributed by atoms with van der Waals surface area (Å²) in [4.78, 5) is 16.8. The SMILES string of the molecule is O=c1c2nccn2c2ccc(Cl)cc2n1-c1ccccc1F. The average molecular weight is 314 g/mol. The number of hydrogen-bond acceptors (Lipinski definition) is 2. The number of halogens is 2. The van der Waals surface area contributed by atoms with Gasteiger partial charge in [-0.3, -0.25) is 13.8 Å². The largest absolute Gasteiger partial charge is 0.299 e. The highest BCUT2D eigenvalue weighted by Gasteiger charge is 2.15. The molecule has 0 amide bonds. The Morgan fingerprint density at radius 2 is 1.91 bits per heavy atom. The molecule has 4 nitrogen and oxygen atoms in total. The maximum absolute atomic E-state index is 14.2. The van der Waals surface area contributed by atoms with E-state index in [-0.39, 0.29) is 11.3 Å². The van der Waals surface area contributed by atoms with E-state index in [1.165, 1.54) is 16.8 Å². The van der Waals surface area contributed by atoms with E-state index < -0.39 is 11.4 Å². The number of aromatic nitrogens is 3. The molecule has 6 heteroatoms. The molecular weight excluding hydrogens is 305 g/mol. The fourth-order valence-corrected chi connectivity index (χ4v) is 2.78. The molecule has 0 unspecified atom stereocenters. The summed E-state index contributed by atoms with van der Waals surface area (Å²) in [6, 6.07) is 11.3. The molecule has 22 heavy (non-hydrogen) atoms. The van der Waals surface area contributed by atoms with Crippen LogP contribution in [-0.4, -0.2) is 14.0 Å². The predicted molar refractivity (Wildman–Crippen MR) is 83.3 cm³/mol. The van der Waals surface area contributed by atoms with Crippen LogP contribution in [0.2, 0.25) is 5.02 Å². The summed E-state index contributed by atoms with van der Waals surface area (Å²) < 4.78 is 17.2. The summed E-state index contributed by atoms with van der Waals surface area (Å²) in [5.41, 5.74) is 1.25. The Morgan fingerprint density at radius 1 is 1.09 bits per heavy atom. The van der Waals surface area contributed by atoms with Crippen molar-refractivity contribution in [2.75, 3.05) is 0 Å². The highest BCUT2D eigenvalue weighted by atomic mass is 35.5. The van der Waals surface area contributed by atoms with Gasteiger partial charge in [0.1, 0.15) is 5.82 Å². The van der Waals surface area contributed by atoms with E-state index in [0.717, 1.165) is 5.52 Å². The zero-order valence-corrected chi connectivity index (χ0v) is 12.0. The topological polar surface area (TPSA) is 39.3 Å². The molecule has 0 spiro atoms. The van der Waals surface area contributed by atoms with Crippen molar-refractivity contribution in [2.24, 2.45) is 0 Å². The van der Waals surface area contributed by atoms with Crippen molar-refractivity contribution < 1.29 is 4.39 Å². The monoisotopic (exact) mass is 313 g/mol. The van der Waals surface area contributed by atoms with Gasteiger partial charge in [-0.15, -0.1) is 0 Å². The maximum atomic E-state index is 14.2. The number of nitrogens with zero attached hydrogens (tertiary/aromatic N) is 3. The highest BCUT2D eigenvalue weighted by Crippen LogP contribution is 2.23. The molecule has 0 N–H and O–H groups in total. The first kappa shape index (κ1) is 13.0. The molecular formula is C16H9ClFN3O. The Balaban J connectivity index is 2.29. The molecule has 0 bridgehead atoms. The zero-order chi connectivity index (χ0) is 15.3. The van der Waals surface area contributed by atoms with Gasteiger partial charge in [-0.25, -0.2) is 9.37 Å². The van der Waals surface area contributed by atoms with Gasteiger partial charge in [0.15, 0.2) is 0 Å². The lowest BCUT2D eigenvalue weighted by atomic mass is 10.2. The summed E-state index contributed by atoms with van der Waals surface area (Å²) in [6.45, 7) is 0. The second-order valence-corrected chi connectivity index (χ2v) is 5.28. The first-order valence-electron chi connectivity index (χ1n) is 6.59. The van der Waals surface area contributed by atoms with Crippen molar-refractivity contribution in [1.82, 2.24) is 14.0 Å². The van der Waals surface area contributed by atoms with E-state index in [9.17, 15) is 9.18 Å². The van der Waals surface area contributed by atoms with Crippen molar-refractivity contribution in [3.63, 3.8) is 0 Å². The van der Waals surface area contributed by atoms with E-state index in [4.69, 9.17) is 11.6 Å². The first-order chi connectivity index (χ1) is 10.7. The minimum atomic E-state index is -0.484. The Kier molecular flexibility index (Phi) is 2.77. The maximum Gasteiger partial charge on any atom is 0.299 e. The van der Waals surface area contributed by atoms with E-state index in [0.29, 0.717) is 10.5 Å². The number of rotatable bonds is 1.